The summed E-state index contributed by atoms with van der Waals surface area (Å²) in [4.78, 5) is 39.2. The van der Waals surface area contributed by atoms with Gasteiger partial charge in [-0.25, -0.2) is 9.69 Å². The van der Waals surface area contributed by atoms with Crippen molar-refractivity contribution in [1.82, 2.24) is 0 Å². The van der Waals surface area contributed by atoms with Gasteiger partial charge < -0.3 is 9.15 Å². The van der Waals surface area contributed by atoms with Crippen LogP contribution < -0.4 is 9.64 Å². The van der Waals surface area contributed by atoms with Gasteiger partial charge in [-0.2, -0.15) is 0 Å². The smallest absolute Gasteiger partial charge is 0.379 e. The lowest BCUT2D eigenvalue weighted by atomic mass is 9.76. The SMILES string of the molecule is C[C@@H]1CC[C@@H]2C(=O)N(c3ccccc3OC(=O)c3ccco3)C(=O)[C@H]2C1. The summed E-state index contributed by atoms with van der Waals surface area (Å²) in [5.41, 5.74) is 0.310. The molecule has 2 heterocycles. The van der Waals surface area contributed by atoms with Gasteiger partial charge in [-0.15, -0.1) is 0 Å². The van der Waals surface area contributed by atoms with E-state index in [0.29, 0.717) is 11.6 Å². The fraction of sp³-hybridized carbons (Fsp3) is 0.350. The van der Waals surface area contributed by atoms with Gasteiger partial charge in [0.15, 0.2) is 5.75 Å². The molecule has 1 aliphatic heterocycles. The minimum atomic E-state index is -0.674. The molecule has 0 bridgehead atoms. The second kappa shape index (κ2) is 6.44. The molecule has 2 aliphatic rings. The minimum absolute atomic E-state index is 0.0568. The van der Waals surface area contributed by atoms with Gasteiger partial charge in [0.1, 0.15) is 0 Å². The zero-order chi connectivity index (χ0) is 18.3. The first-order valence-electron chi connectivity index (χ1n) is 8.78. The van der Waals surface area contributed by atoms with Crippen LogP contribution in [0.4, 0.5) is 5.69 Å². The highest BCUT2D eigenvalue weighted by atomic mass is 16.5. The Morgan fingerprint density at radius 1 is 1.08 bits per heavy atom. The van der Waals surface area contributed by atoms with E-state index in [0.717, 1.165) is 19.3 Å². The van der Waals surface area contributed by atoms with E-state index in [1.165, 1.54) is 17.2 Å². The maximum absolute atomic E-state index is 12.9. The van der Waals surface area contributed by atoms with Gasteiger partial charge in [-0.3, -0.25) is 9.59 Å². The Balaban J connectivity index is 1.65. The highest BCUT2D eigenvalue weighted by Crippen LogP contribution is 2.44. The van der Waals surface area contributed by atoms with Crippen LogP contribution >= 0.6 is 0 Å². The summed E-state index contributed by atoms with van der Waals surface area (Å²) >= 11 is 0. The summed E-state index contributed by atoms with van der Waals surface area (Å²) in [5.74, 6) is -0.967. The summed E-state index contributed by atoms with van der Waals surface area (Å²) in [5, 5.41) is 0. The molecule has 26 heavy (non-hydrogen) atoms. The molecule has 4 rings (SSSR count). The van der Waals surface area contributed by atoms with E-state index in [4.69, 9.17) is 9.15 Å². The van der Waals surface area contributed by atoms with Crippen LogP contribution in [-0.2, 0) is 9.59 Å². The third-order valence-electron chi connectivity index (χ3n) is 5.22. The van der Waals surface area contributed by atoms with Crippen LogP contribution in [0.25, 0.3) is 0 Å². The number of hydrogen-bond donors (Lipinski definition) is 0. The van der Waals surface area contributed by atoms with E-state index in [1.54, 1.807) is 30.3 Å². The number of benzene rings is 1. The topological polar surface area (TPSA) is 76.8 Å². The quantitative estimate of drug-likeness (QED) is 0.480. The van der Waals surface area contributed by atoms with Gasteiger partial charge in [0.25, 0.3) is 0 Å². The van der Waals surface area contributed by atoms with Crippen LogP contribution in [0, 0.1) is 17.8 Å². The number of furan rings is 1. The van der Waals surface area contributed by atoms with Gasteiger partial charge in [0, 0.05) is 0 Å². The second-order valence-electron chi connectivity index (χ2n) is 6.98. The standard InChI is InChI=1S/C20H19NO5/c1-12-8-9-13-14(11-12)19(23)21(18(13)22)15-5-2-3-6-16(15)26-20(24)17-7-4-10-25-17/h2-7,10,12-14H,8-9,11H2,1H3/t12-,13+,14+/m1/s1. The number of anilines is 1. The number of fused-ring (bicyclic) bond motifs is 1. The minimum Gasteiger partial charge on any atom is -0.457 e. The van der Waals surface area contributed by atoms with Gasteiger partial charge >= 0.3 is 5.97 Å². The summed E-state index contributed by atoms with van der Waals surface area (Å²) in [6, 6.07) is 9.68. The van der Waals surface area contributed by atoms with Crippen LogP contribution in [0.3, 0.4) is 0 Å². The van der Waals surface area contributed by atoms with Crippen molar-refractivity contribution in [3.05, 3.63) is 48.4 Å². The van der Waals surface area contributed by atoms with Crippen molar-refractivity contribution >= 4 is 23.5 Å². The molecule has 3 atom stereocenters. The molecule has 1 saturated carbocycles. The Bertz CT molecular complexity index is 857. The molecule has 134 valence electrons. The van der Waals surface area contributed by atoms with Crippen molar-refractivity contribution in [2.24, 2.45) is 17.8 Å². The molecule has 6 heteroatoms. The van der Waals surface area contributed by atoms with Crippen molar-refractivity contribution in [3.8, 4) is 5.75 Å². The van der Waals surface area contributed by atoms with Gasteiger partial charge in [0.2, 0.25) is 17.6 Å². The van der Waals surface area contributed by atoms with Gasteiger partial charge in [0.05, 0.1) is 23.8 Å². The normalized spacial score (nSPS) is 25.3. The third-order valence-corrected chi connectivity index (χ3v) is 5.22. The number of rotatable bonds is 3. The molecule has 2 fully saturated rings. The molecule has 2 amide bonds. The van der Waals surface area contributed by atoms with E-state index >= 15 is 0 Å². The summed E-state index contributed by atoms with van der Waals surface area (Å²) < 4.78 is 10.4. The van der Waals surface area contributed by atoms with Crippen LogP contribution in [-0.4, -0.2) is 17.8 Å². The highest BCUT2D eigenvalue weighted by Gasteiger charge is 2.50. The van der Waals surface area contributed by atoms with Crippen molar-refractivity contribution in [2.75, 3.05) is 4.90 Å². The van der Waals surface area contributed by atoms with E-state index in [1.807, 2.05) is 0 Å². The van der Waals surface area contributed by atoms with Crippen LogP contribution in [0.2, 0.25) is 0 Å². The Morgan fingerprint density at radius 3 is 2.62 bits per heavy atom. The second-order valence-corrected chi connectivity index (χ2v) is 6.98. The molecule has 1 aromatic carbocycles. The first kappa shape index (κ1) is 16.6. The molecule has 0 unspecified atom stereocenters. The number of para-hydroxylation sites is 2. The molecular formula is C20H19NO5. The Morgan fingerprint density at radius 2 is 1.85 bits per heavy atom. The lowest BCUT2D eigenvalue weighted by Crippen LogP contribution is -2.31. The van der Waals surface area contributed by atoms with E-state index in [2.05, 4.69) is 6.92 Å². The van der Waals surface area contributed by atoms with Crippen LogP contribution in [0.5, 0.6) is 5.75 Å². The molecule has 0 N–H and O–H groups in total. The maximum Gasteiger partial charge on any atom is 0.379 e. The molecule has 6 nitrogen and oxygen atoms in total. The number of carbonyl (C=O) groups excluding carboxylic acids is 3. The molecule has 0 radical (unpaired) electrons. The average molecular weight is 353 g/mol. The average Bonchev–Trinajstić information content (AvgIpc) is 3.24. The third kappa shape index (κ3) is 2.71. The van der Waals surface area contributed by atoms with Crippen molar-refractivity contribution < 1.29 is 23.5 Å². The highest BCUT2D eigenvalue weighted by molar-refractivity contribution is 6.22. The molecule has 1 aliphatic carbocycles. The first-order valence-corrected chi connectivity index (χ1v) is 8.78. The Kier molecular flexibility index (Phi) is 4.11. The maximum atomic E-state index is 12.9. The lowest BCUT2D eigenvalue weighted by Gasteiger charge is -2.25. The largest absolute Gasteiger partial charge is 0.457 e. The van der Waals surface area contributed by atoms with E-state index in [-0.39, 0.29) is 35.2 Å². The Hall–Kier alpha value is -2.89. The summed E-state index contributed by atoms with van der Waals surface area (Å²) in [6.45, 7) is 2.11. The van der Waals surface area contributed by atoms with Crippen LogP contribution in [0.15, 0.2) is 47.1 Å². The monoisotopic (exact) mass is 353 g/mol. The number of imide groups is 1. The summed E-state index contributed by atoms with van der Waals surface area (Å²) in [6.07, 6.45) is 3.77. The summed E-state index contributed by atoms with van der Waals surface area (Å²) in [7, 11) is 0. The van der Waals surface area contributed by atoms with Crippen molar-refractivity contribution in [3.63, 3.8) is 0 Å². The number of nitrogens with zero attached hydrogens (tertiary/aromatic N) is 1. The number of carbonyl (C=O) groups is 3. The number of esters is 1. The number of ether oxygens (including phenoxy) is 1. The Labute approximate surface area is 150 Å². The van der Waals surface area contributed by atoms with Crippen molar-refractivity contribution in [1.29, 1.82) is 0 Å². The number of hydrogen-bond acceptors (Lipinski definition) is 5. The van der Waals surface area contributed by atoms with Gasteiger partial charge in [-0.05, 0) is 49.4 Å². The molecule has 2 aromatic rings. The molecular weight excluding hydrogens is 334 g/mol. The number of amides is 2. The molecule has 0 spiro atoms. The predicted molar refractivity (Wildman–Crippen MR) is 92.6 cm³/mol. The first-order chi connectivity index (χ1) is 12.6. The fourth-order valence-electron chi connectivity index (χ4n) is 3.90. The van der Waals surface area contributed by atoms with Crippen LogP contribution in [0.1, 0.15) is 36.7 Å². The fourth-order valence-corrected chi connectivity index (χ4v) is 3.90. The zero-order valence-electron chi connectivity index (χ0n) is 14.4. The van der Waals surface area contributed by atoms with E-state index in [9.17, 15) is 14.4 Å². The lowest BCUT2D eigenvalue weighted by molar-refractivity contribution is -0.122. The predicted octanol–water partition coefficient (Wildman–Crippen LogP) is 3.42. The molecule has 1 aromatic heterocycles. The van der Waals surface area contributed by atoms with Gasteiger partial charge in [-0.1, -0.05) is 19.1 Å². The van der Waals surface area contributed by atoms with Crippen molar-refractivity contribution in [2.45, 2.75) is 26.2 Å². The zero-order valence-corrected chi connectivity index (χ0v) is 14.4. The molecule has 1 saturated heterocycles. The van der Waals surface area contributed by atoms with E-state index < -0.39 is 5.97 Å².